The molecule has 1 N–H and O–H groups in total. The van der Waals surface area contributed by atoms with E-state index in [1.165, 1.54) is 0 Å². The summed E-state index contributed by atoms with van der Waals surface area (Å²) < 4.78 is 0. The van der Waals surface area contributed by atoms with Crippen molar-refractivity contribution in [1.82, 2.24) is 0 Å². The molecule has 1 rings (SSSR count). The predicted molar refractivity (Wildman–Crippen MR) is 56.9 cm³/mol. The average Bonchev–Trinajstić information content (AvgIpc) is 2.07. The molecule has 76 valence electrons. The maximum absolute atomic E-state index is 10.6. The molecular weight excluding hydrogens is 200 g/mol. The number of carboxylic acid groups (broad SMARTS) is 1. The van der Waals surface area contributed by atoms with Crippen LogP contribution >= 0.6 is 11.6 Å². The van der Waals surface area contributed by atoms with Crippen LogP contribution in [-0.4, -0.2) is 11.1 Å². The zero-order valence-electron chi connectivity index (χ0n) is 8.25. The van der Waals surface area contributed by atoms with Crippen molar-refractivity contribution in [1.29, 1.82) is 0 Å². The first-order chi connectivity index (χ1) is 6.50. The van der Waals surface area contributed by atoms with E-state index in [0.717, 1.165) is 11.1 Å². The maximum atomic E-state index is 10.6. The van der Waals surface area contributed by atoms with Crippen molar-refractivity contribution < 1.29 is 9.90 Å². The summed E-state index contributed by atoms with van der Waals surface area (Å²) >= 11 is 5.85. The Bertz CT molecular complexity index is 345. The van der Waals surface area contributed by atoms with E-state index in [1.807, 2.05) is 19.9 Å². The zero-order chi connectivity index (χ0) is 10.7. The van der Waals surface area contributed by atoms with Gasteiger partial charge in [0, 0.05) is 5.02 Å². The summed E-state index contributed by atoms with van der Waals surface area (Å²) in [5, 5.41) is 9.36. The van der Waals surface area contributed by atoms with Crippen molar-refractivity contribution >= 4 is 17.6 Å². The Morgan fingerprint density at radius 2 is 2.14 bits per heavy atom. The molecule has 0 aromatic heterocycles. The van der Waals surface area contributed by atoms with Crippen LogP contribution in [0.5, 0.6) is 0 Å². The molecule has 1 aromatic rings. The third-order valence-corrected chi connectivity index (χ3v) is 2.31. The summed E-state index contributed by atoms with van der Waals surface area (Å²) in [6.07, 6.45) is 0.0602. The Morgan fingerprint density at radius 1 is 1.50 bits per heavy atom. The van der Waals surface area contributed by atoms with Gasteiger partial charge in [-0.25, -0.2) is 0 Å². The Hall–Kier alpha value is -1.02. The van der Waals surface area contributed by atoms with E-state index in [4.69, 9.17) is 16.7 Å². The van der Waals surface area contributed by atoms with Gasteiger partial charge in [0.25, 0.3) is 0 Å². The molecule has 0 heterocycles. The van der Waals surface area contributed by atoms with E-state index in [1.54, 1.807) is 12.1 Å². The van der Waals surface area contributed by atoms with Crippen LogP contribution < -0.4 is 0 Å². The van der Waals surface area contributed by atoms with Crippen LogP contribution in [0.1, 0.15) is 30.9 Å². The van der Waals surface area contributed by atoms with Gasteiger partial charge in [-0.1, -0.05) is 31.5 Å². The van der Waals surface area contributed by atoms with Gasteiger partial charge >= 0.3 is 5.97 Å². The fourth-order valence-corrected chi connectivity index (χ4v) is 1.61. The first-order valence-corrected chi connectivity index (χ1v) is 4.88. The lowest BCUT2D eigenvalue weighted by molar-refractivity contribution is -0.136. The minimum atomic E-state index is -0.811. The first kappa shape index (κ1) is 11.1. The molecule has 0 saturated carbocycles. The summed E-state index contributed by atoms with van der Waals surface area (Å²) in [6, 6.07) is 5.35. The maximum Gasteiger partial charge on any atom is 0.307 e. The molecule has 0 unspecified atom stereocenters. The van der Waals surface area contributed by atoms with E-state index in [9.17, 15) is 4.79 Å². The van der Waals surface area contributed by atoms with Crippen molar-refractivity contribution in [3.05, 3.63) is 34.3 Å². The number of hydrogen-bond acceptors (Lipinski definition) is 1. The Balaban J connectivity index is 3.08. The first-order valence-electron chi connectivity index (χ1n) is 4.51. The molecule has 3 heteroatoms. The third-order valence-electron chi connectivity index (χ3n) is 2.07. The number of carboxylic acids is 1. The fraction of sp³-hybridized carbons (Fsp3) is 0.364. The van der Waals surface area contributed by atoms with Crippen LogP contribution in [0.15, 0.2) is 18.2 Å². The van der Waals surface area contributed by atoms with Gasteiger partial charge in [0.1, 0.15) is 0 Å². The summed E-state index contributed by atoms with van der Waals surface area (Å²) in [5.41, 5.74) is 1.86. The van der Waals surface area contributed by atoms with E-state index in [-0.39, 0.29) is 6.42 Å². The largest absolute Gasteiger partial charge is 0.481 e. The molecule has 0 saturated heterocycles. The van der Waals surface area contributed by atoms with Crippen molar-refractivity contribution in [2.24, 2.45) is 0 Å². The zero-order valence-corrected chi connectivity index (χ0v) is 9.01. The molecule has 2 nitrogen and oxygen atoms in total. The van der Waals surface area contributed by atoms with Gasteiger partial charge in [0.05, 0.1) is 6.42 Å². The van der Waals surface area contributed by atoms with Gasteiger partial charge < -0.3 is 5.11 Å². The molecular formula is C11H13ClO2. The highest BCUT2D eigenvalue weighted by molar-refractivity contribution is 6.30. The summed E-state index contributed by atoms with van der Waals surface area (Å²) in [7, 11) is 0. The van der Waals surface area contributed by atoms with Gasteiger partial charge in [-0.05, 0) is 29.2 Å². The highest BCUT2D eigenvalue weighted by Crippen LogP contribution is 2.23. The number of rotatable bonds is 3. The van der Waals surface area contributed by atoms with Gasteiger partial charge in [-0.2, -0.15) is 0 Å². The molecule has 0 spiro atoms. The van der Waals surface area contributed by atoms with Crippen molar-refractivity contribution in [3.8, 4) is 0 Å². The lowest BCUT2D eigenvalue weighted by Gasteiger charge is -2.11. The highest BCUT2D eigenvalue weighted by atomic mass is 35.5. The predicted octanol–water partition coefficient (Wildman–Crippen LogP) is 3.09. The SMILES string of the molecule is CC(C)c1cc(Cl)ccc1CC(=O)O. The van der Waals surface area contributed by atoms with Crippen molar-refractivity contribution in [2.75, 3.05) is 0 Å². The Morgan fingerprint density at radius 3 is 2.64 bits per heavy atom. The van der Waals surface area contributed by atoms with Crippen molar-refractivity contribution in [2.45, 2.75) is 26.2 Å². The van der Waals surface area contributed by atoms with Crippen LogP contribution in [0, 0.1) is 0 Å². The highest BCUT2D eigenvalue weighted by Gasteiger charge is 2.09. The smallest absolute Gasteiger partial charge is 0.307 e. The second-order valence-electron chi connectivity index (χ2n) is 3.57. The molecule has 0 radical (unpaired) electrons. The number of hydrogen-bond donors (Lipinski definition) is 1. The minimum Gasteiger partial charge on any atom is -0.481 e. The number of benzene rings is 1. The van der Waals surface area contributed by atoms with E-state index >= 15 is 0 Å². The van der Waals surface area contributed by atoms with Gasteiger partial charge in [0.2, 0.25) is 0 Å². The molecule has 0 bridgehead atoms. The lowest BCUT2D eigenvalue weighted by Crippen LogP contribution is -2.04. The van der Waals surface area contributed by atoms with Crippen LogP contribution in [0.2, 0.25) is 5.02 Å². The van der Waals surface area contributed by atoms with Crippen LogP contribution in [0.25, 0.3) is 0 Å². The molecule has 0 aliphatic heterocycles. The third kappa shape index (κ3) is 2.74. The number of halogens is 1. The van der Waals surface area contributed by atoms with Gasteiger partial charge in [-0.3, -0.25) is 4.79 Å². The Kier molecular flexibility index (Phi) is 3.53. The van der Waals surface area contributed by atoms with E-state index in [0.29, 0.717) is 10.9 Å². The second-order valence-corrected chi connectivity index (χ2v) is 4.00. The Labute approximate surface area is 88.5 Å². The monoisotopic (exact) mass is 212 g/mol. The second kappa shape index (κ2) is 4.47. The normalized spacial score (nSPS) is 10.6. The van der Waals surface area contributed by atoms with Gasteiger partial charge in [0.15, 0.2) is 0 Å². The molecule has 0 aliphatic rings. The lowest BCUT2D eigenvalue weighted by atomic mass is 9.95. The van der Waals surface area contributed by atoms with Crippen LogP contribution in [-0.2, 0) is 11.2 Å². The minimum absolute atomic E-state index is 0.0602. The molecule has 14 heavy (non-hydrogen) atoms. The molecule has 0 atom stereocenters. The number of carbonyl (C=O) groups is 1. The quantitative estimate of drug-likeness (QED) is 0.836. The van der Waals surface area contributed by atoms with Crippen molar-refractivity contribution in [3.63, 3.8) is 0 Å². The summed E-state index contributed by atoms with van der Waals surface area (Å²) in [4.78, 5) is 10.6. The summed E-state index contributed by atoms with van der Waals surface area (Å²) in [5.74, 6) is -0.516. The van der Waals surface area contributed by atoms with E-state index < -0.39 is 5.97 Å². The standard InChI is InChI=1S/C11H13ClO2/c1-7(2)10-6-9(12)4-3-8(10)5-11(13)14/h3-4,6-7H,5H2,1-2H3,(H,13,14). The molecule has 0 amide bonds. The van der Waals surface area contributed by atoms with Gasteiger partial charge in [-0.15, -0.1) is 0 Å². The molecule has 0 aliphatic carbocycles. The van der Waals surface area contributed by atoms with Crippen LogP contribution in [0.3, 0.4) is 0 Å². The number of aliphatic carboxylic acids is 1. The van der Waals surface area contributed by atoms with E-state index in [2.05, 4.69) is 0 Å². The fourth-order valence-electron chi connectivity index (χ4n) is 1.43. The average molecular weight is 213 g/mol. The molecule has 0 fully saturated rings. The topological polar surface area (TPSA) is 37.3 Å². The van der Waals surface area contributed by atoms with Crippen LogP contribution in [0.4, 0.5) is 0 Å². The molecule has 1 aromatic carbocycles. The summed E-state index contributed by atoms with van der Waals surface area (Å²) in [6.45, 7) is 4.05.